The van der Waals surface area contributed by atoms with Crippen LogP contribution in [0.2, 0.25) is 15.1 Å². The second-order valence-electron chi connectivity index (χ2n) is 16.2. The molecular weight excluding hydrogens is 842 g/mol. The molecule has 0 radical (unpaired) electrons. The van der Waals surface area contributed by atoms with Crippen molar-refractivity contribution in [2.45, 2.75) is 55.8 Å². The van der Waals surface area contributed by atoms with Gasteiger partial charge in [0.05, 0.1) is 33.8 Å². The fourth-order valence-electron chi connectivity index (χ4n) is 10.4. The highest BCUT2D eigenvalue weighted by atomic mass is 35.5. The predicted octanol–water partition coefficient (Wildman–Crippen LogP) is 8.42. The number of imide groups is 2. The maximum atomic E-state index is 15.4. The molecule has 310 valence electrons. The SMILES string of the molecule is O=C1[C@@H]2C[C@@H]3C(=CC[C@@H]4C(=O)N(C5CCN(Cc6ccccc6)CC5)C(=O)[C@@H]43)[C@H](c3cc(Cl)ccc3O)[C@]2(c2ccc(Cl)cc2)C(=O)N1Nc1ncc(C(F)(F)F)cc1Cl. The smallest absolute Gasteiger partial charge is 0.417 e. The van der Waals surface area contributed by atoms with Crippen molar-refractivity contribution in [2.75, 3.05) is 18.5 Å². The number of fused-ring (bicyclic) bond motifs is 4. The van der Waals surface area contributed by atoms with E-state index in [-0.39, 0.29) is 52.9 Å². The minimum absolute atomic E-state index is 0.0488. The van der Waals surface area contributed by atoms with Gasteiger partial charge in [-0.05, 0) is 79.1 Å². The van der Waals surface area contributed by atoms with Crippen LogP contribution >= 0.6 is 34.8 Å². The Morgan fingerprint density at radius 2 is 1.55 bits per heavy atom. The fraction of sp³-hybridized carbons (Fsp3) is 0.341. The number of hydrazine groups is 1. The van der Waals surface area contributed by atoms with Gasteiger partial charge in [-0.25, -0.2) is 4.98 Å². The number of phenols is 1. The second-order valence-corrected chi connectivity index (χ2v) is 17.4. The lowest BCUT2D eigenvalue weighted by Crippen LogP contribution is -2.53. The molecule has 3 aliphatic heterocycles. The summed E-state index contributed by atoms with van der Waals surface area (Å²) in [5.74, 6) is -7.39. The number of pyridine rings is 1. The predicted molar refractivity (Wildman–Crippen MR) is 217 cm³/mol. The molecule has 4 fully saturated rings. The number of carbonyl (C=O) groups excluding carboxylic acids is 4. The second kappa shape index (κ2) is 15.2. The van der Waals surface area contributed by atoms with E-state index in [2.05, 4.69) is 27.4 Å². The molecular formula is C44H37Cl3F3N5O5. The average Bonchev–Trinajstić information content (AvgIpc) is 3.60. The van der Waals surface area contributed by atoms with E-state index in [0.717, 1.165) is 6.54 Å². The zero-order valence-electron chi connectivity index (χ0n) is 31.7. The first kappa shape index (κ1) is 40.5. The highest BCUT2D eigenvalue weighted by molar-refractivity contribution is 6.33. The number of aromatic nitrogens is 1. The number of aromatic hydroxyl groups is 1. The first-order chi connectivity index (χ1) is 28.7. The normalized spacial score (nSPS) is 27.2. The van der Waals surface area contributed by atoms with Crippen molar-refractivity contribution in [1.82, 2.24) is 19.8 Å². The lowest BCUT2D eigenvalue weighted by atomic mass is 9.49. The number of piperidine rings is 1. The number of nitrogens with zero attached hydrogens (tertiary/aromatic N) is 4. The number of benzene rings is 3. The molecule has 2 N–H and O–H groups in total. The van der Waals surface area contributed by atoms with Gasteiger partial charge in [-0.1, -0.05) is 88.9 Å². The van der Waals surface area contributed by atoms with Gasteiger partial charge in [-0.2, -0.15) is 18.2 Å². The van der Waals surface area contributed by atoms with Crippen molar-refractivity contribution < 1.29 is 37.5 Å². The topological polar surface area (TPSA) is 123 Å². The molecule has 60 heavy (non-hydrogen) atoms. The number of alkyl halides is 3. The van der Waals surface area contributed by atoms with Gasteiger partial charge in [-0.15, -0.1) is 0 Å². The monoisotopic (exact) mass is 877 g/mol. The molecule has 2 aliphatic carbocycles. The van der Waals surface area contributed by atoms with Gasteiger partial charge in [0.2, 0.25) is 11.8 Å². The lowest BCUT2D eigenvalue weighted by Gasteiger charge is -2.50. The number of phenolic OH excluding ortho intramolecular Hbond substituents is 1. The quantitative estimate of drug-likeness (QED) is 0.140. The standard InChI is InChI=1S/C44H37Cl3F3N5O5/c45-26-8-6-24(7-9-26)43-33(40(58)55(42(43)60)52-38-34(47)18-25(21-51-38)44(48,49)50)20-31-29(37(43)32-19-27(46)10-13-35(32)56)11-12-30-36(31)41(59)54(39(30)57)28-14-16-53(17-15-28)22-23-4-2-1-3-5-23/h1-11,13,18-19,21,28,30-31,33,36-37,56H,12,14-17,20,22H2,(H,51,52)/t30-,31+,33-,36-,37+,43+/m0/s1. The third kappa shape index (κ3) is 6.56. The molecule has 1 aromatic heterocycles. The molecule has 4 amide bonds. The van der Waals surface area contributed by atoms with E-state index in [1.165, 1.54) is 28.7 Å². The molecule has 10 nitrogen and oxygen atoms in total. The number of rotatable bonds is 7. The minimum Gasteiger partial charge on any atom is -0.508 e. The molecule has 4 heterocycles. The van der Waals surface area contributed by atoms with Crippen molar-refractivity contribution in [3.8, 4) is 5.75 Å². The summed E-state index contributed by atoms with van der Waals surface area (Å²) in [6.45, 7) is 2.14. The third-order valence-corrected chi connectivity index (χ3v) is 13.8. The van der Waals surface area contributed by atoms with Crippen molar-refractivity contribution in [1.29, 1.82) is 0 Å². The molecule has 16 heteroatoms. The molecule has 0 bridgehead atoms. The number of carbonyl (C=O) groups is 4. The summed E-state index contributed by atoms with van der Waals surface area (Å²) >= 11 is 19.2. The Balaban J connectivity index is 1.12. The Morgan fingerprint density at radius 3 is 2.23 bits per heavy atom. The highest BCUT2D eigenvalue weighted by Crippen LogP contribution is 2.65. The van der Waals surface area contributed by atoms with Crippen LogP contribution in [0.5, 0.6) is 5.75 Å². The van der Waals surface area contributed by atoms with Gasteiger partial charge in [0.15, 0.2) is 5.82 Å². The number of hydrogen-bond acceptors (Lipinski definition) is 8. The largest absolute Gasteiger partial charge is 0.508 e. The Kier molecular flexibility index (Phi) is 10.2. The Morgan fingerprint density at radius 1 is 0.850 bits per heavy atom. The first-order valence-corrected chi connectivity index (χ1v) is 20.8. The zero-order valence-corrected chi connectivity index (χ0v) is 34.0. The summed E-state index contributed by atoms with van der Waals surface area (Å²) in [4.78, 5) is 67.0. The zero-order chi connectivity index (χ0) is 42.2. The lowest BCUT2D eigenvalue weighted by molar-refractivity contribution is -0.144. The van der Waals surface area contributed by atoms with Gasteiger partial charge in [-0.3, -0.25) is 34.4 Å². The number of anilines is 1. The van der Waals surface area contributed by atoms with Gasteiger partial charge < -0.3 is 5.11 Å². The Bertz CT molecular complexity index is 2450. The van der Waals surface area contributed by atoms with Crippen LogP contribution in [-0.2, 0) is 37.3 Å². The average molecular weight is 879 g/mol. The van der Waals surface area contributed by atoms with Gasteiger partial charge in [0, 0.05) is 53.4 Å². The number of hydrogen-bond donors (Lipinski definition) is 2. The molecule has 5 aliphatic rings. The maximum Gasteiger partial charge on any atom is 0.417 e. The summed E-state index contributed by atoms with van der Waals surface area (Å²) in [6.07, 6.45) is -1.02. The van der Waals surface area contributed by atoms with Crippen LogP contribution in [-0.4, -0.2) is 67.7 Å². The van der Waals surface area contributed by atoms with E-state index >= 15 is 4.79 Å². The number of allylic oxidation sites excluding steroid dienone is 2. The molecule has 4 aromatic rings. The van der Waals surface area contributed by atoms with Gasteiger partial charge >= 0.3 is 6.18 Å². The molecule has 6 atom stereocenters. The molecule has 0 unspecified atom stereocenters. The number of nitrogens with one attached hydrogen (secondary N) is 1. The van der Waals surface area contributed by atoms with Gasteiger partial charge in [0.25, 0.3) is 11.8 Å². The summed E-state index contributed by atoms with van der Waals surface area (Å²) in [6, 6.07) is 21.2. The highest BCUT2D eigenvalue weighted by Gasteiger charge is 2.71. The molecule has 3 saturated heterocycles. The summed E-state index contributed by atoms with van der Waals surface area (Å²) < 4.78 is 40.6. The fourth-order valence-corrected chi connectivity index (χ4v) is 11.0. The third-order valence-electron chi connectivity index (χ3n) is 13.1. The summed E-state index contributed by atoms with van der Waals surface area (Å²) in [5.41, 5.74) is 2.00. The van der Waals surface area contributed by atoms with Crippen molar-refractivity contribution in [2.24, 2.45) is 23.7 Å². The summed E-state index contributed by atoms with van der Waals surface area (Å²) in [5, 5.41) is 12.4. The molecule has 3 aromatic carbocycles. The van der Waals surface area contributed by atoms with Crippen LogP contribution in [0.1, 0.15) is 53.9 Å². The molecule has 9 rings (SSSR count). The Labute approximate surface area is 357 Å². The Hall–Kier alpha value is -4.95. The molecule has 0 spiro atoms. The van der Waals surface area contributed by atoms with E-state index < -0.39 is 63.6 Å². The van der Waals surface area contributed by atoms with Crippen LogP contribution in [0.3, 0.4) is 0 Å². The number of likely N-dealkylation sites (tertiary alicyclic amines) is 2. The van der Waals surface area contributed by atoms with E-state index in [1.807, 2.05) is 24.3 Å². The van der Waals surface area contributed by atoms with Crippen LogP contribution in [0.15, 0.2) is 96.7 Å². The molecule has 1 saturated carbocycles. The van der Waals surface area contributed by atoms with Gasteiger partial charge in [0.1, 0.15) is 5.75 Å². The number of amides is 4. The van der Waals surface area contributed by atoms with Crippen LogP contribution in [0.25, 0.3) is 0 Å². The first-order valence-electron chi connectivity index (χ1n) is 19.6. The number of halogens is 6. The summed E-state index contributed by atoms with van der Waals surface area (Å²) in [7, 11) is 0. The van der Waals surface area contributed by atoms with E-state index in [1.54, 1.807) is 24.3 Å². The van der Waals surface area contributed by atoms with Crippen LogP contribution < -0.4 is 5.43 Å². The van der Waals surface area contributed by atoms with E-state index in [0.29, 0.717) is 59.4 Å². The van der Waals surface area contributed by atoms with Crippen molar-refractivity contribution in [3.05, 3.63) is 134 Å². The maximum absolute atomic E-state index is 15.4. The van der Waals surface area contributed by atoms with Crippen LogP contribution in [0, 0.1) is 23.7 Å². The van der Waals surface area contributed by atoms with Crippen LogP contribution in [0.4, 0.5) is 19.0 Å². The van der Waals surface area contributed by atoms with E-state index in [9.17, 15) is 32.7 Å². The van der Waals surface area contributed by atoms with Crippen molar-refractivity contribution in [3.63, 3.8) is 0 Å². The van der Waals surface area contributed by atoms with E-state index in [4.69, 9.17) is 34.8 Å². The minimum atomic E-state index is -4.76. The van der Waals surface area contributed by atoms with Crippen molar-refractivity contribution >= 4 is 64.2 Å².